The Bertz CT molecular complexity index is 819. The van der Waals surface area contributed by atoms with Gasteiger partial charge in [-0.2, -0.15) is 10.1 Å². The highest BCUT2D eigenvalue weighted by atomic mass is 19.1. The highest BCUT2D eigenvalue weighted by Gasteiger charge is 2.17. The molecule has 0 aliphatic rings. The zero-order valence-corrected chi connectivity index (χ0v) is 13.0. The van der Waals surface area contributed by atoms with Crippen LogP contribution >= 0.6 is 0 Å². The van der Waals surface area contributed by atoms with Crippen LogP contribution in [0.1, 0.15) is 31.0 Å². The lowest BCUT2D eigenvalue weighted by atomic mass is 10.1. The molecule has 0 unspecified atom stereocenters. The van der Waals surface area contributed by atoms with Gasteiger partial charge in [0.2, 0.25) is 5.82 Å². The number of rotatable bonds is 3. The second-order valence-electron chi connectivity index (χ2n) is 5.62. The topological polar surface area (TPSA) is 56.7 Å². The van der Waals surface area contributed by atoms with Crippen LogP contribution in [0, 0.1) is 12.7 Å². The Hall–Kier alpha value is -2.50. The molecule has 0 bridgehead atoms. The Morgan fingerprint density at radius 1 is 1.23 bits per heavy atom. The van der Waals surface area contributed by atoms with Crippen molar-refractivity contribution in [2.24, 2.45) is 7.05 Å². The zero-order chi connectivity index (χ0) is 15.9. The number of hydrogen-bond acceptors (Lipinski definition) is 4. The summed E-state index contributed by atoms with van der Waals surface area (Å²) in [5, 5.41) is 8.41. The molecule has 3 rings (SSSR count). The van der Waals surface area contributed by atoms with Gasteiger partial charge in [-0.25, -0.2) is 4.39 Å². The van der Waals surface area contributed by atoms with Crippen LogP contribution in [0.4, 0.5) is 4.39 Å². The van der Waals surface area contributed by atoms with Crippen LogP contribution in [0.25, 0.3) is 23.0 Å². The van der Waals surface area contributed by atoms with E-state index >= 15 is 0 Å². The average molecular weight is 300 g/mol. The molecular weight excluding hydrogens is 283 g/mol. The molecular formula is C16H17FN4O. The fraction of sp³-hybridized carbons (Fsp3) is 0.312. The largest absolute Gasteiger partial charge is 0.332 e. The van der Waals surface area contributed by atoms with E-state index in [1.54, 1.807) is 23.7 Å². The summed E-state index contributed by atoms with van der Waals surface area (Å²) in [5.41, 5.74) is 3.00. The highest BCUT2D eigenvalue weighted by Crippen LogP contribution is 2.25. The predicted molar refractivity (Wildman–Crippen MR) is 80.7 cm³/mol. The predicted octanol–water partition coefficient (Wildman–Crippen LogP) is 3.71. The molecule has 6 heteroatoms. The van der Waals surface area contributed by atoms with Crippen LogP contribution in [-0.2, 0) is 7.05 Å². The number of benzene rings is 1. The molecule has 114 valence electrons. The standard InChI is InChI=1S/C16H17FN4O/c1-9(2)13-8-14(21(4)19-13)16-18-15(20-22-16)11-5-6-12(17)10(3)7-11/h5-9H,1-4H3. The number of aromatic nitrogens is 4. The van der Waals surface area contributed by atoms with E-state index in [0.717, 1.165) is 17.0 Å². The molecule has 2 heterocycles. The first-order valence-electron chi connectivity index (χ1n) is 7.10. The zero-order valence-electron chi connectivity index (χ0n) is 13.0. The molecule has 0 spiro atoms. The van der Waals surface area contributed by atoms with Gasteiger partial charge < -0.3 is 4.52 Å². The second kappa shape index (κ2) is 5.36. The van der Waals surface area contributed by atoms with Crippen LogP contribution in [-0.4, -0.2) is 19.9 Å². The first-order chi connectivity index (χ1) is 10.5. The maximum atomic E-state index is 13.3. The van der Waals surface area contributed by atoms with Gasteiger partial charge in [-0.05, 0) is 42.7 Å². The van der Waals surface area contributed by atoms with Crippen molar-refractivity contribution in [2.75, 3.05) is 0 Å². The van der Waals surface area contributed by atoms with Crippen molar-refractivity contribution in [1.82, 2.24) is 19.9 Å². The highest BCUT2D eigenvalue weighted by molar-refractivity contribution is 5.59. The molecule has 0 saturated heterocycles. The Kier molecular flexibility index (Phi) is 3.52. The van der Waals surface area contributed by atoms with Gasteiger partial charge in [-0.1, -0.05) is 19.0 Å². The van der Waals surface area contributed by atoms with Crippen molar-refractivity contribution in [3.63, 3.8) is 0 Å². The lowest BCUT2D eigenvalue weighted by Crippen LogP contribution is -1.95. The third-order valence-electron chi connectivity index (χ3n) is 3.55. The first kappa shape index (κ1) is 14.4. The fourth-order valence-corrected chi connectivity index (χ4v) is 2.20. The quantitative estimate of drug-likeness (QED) is 0.740. The van der Waals surface area contributed by atoms with Crippen LogP contribution < -0.4 is 0 Å². The van der Waals surface area contributed by atoms with E-state index in [0.29, 0.717) is 23.2 Å². The Balaban J connectivity index is 1.98. The summed E-state index contributed by atoms with van der Waals surface area (Å²) < 4.78 is 20.4. The van der Waals surface area contributed by atoms with E-state index in [1.165, 1.54) is 6.07 Å². The SMILES string of the molecule is Cc1cc(-c2noc(-c3cc(C(C)C)nn3C)n2)ccc1F. The molecule has 0 saturated carbocycles. The molecule has 0 atom stereocenters. The summed E-state index contributed by atoms with van der Waals surface area (Å²) in [6, 6.07) is 6.69. The minimum absolute atomic E-state index is 0.249. The van der Waals surface area contributed by atoms with Gasteiger partial charge in [-0.15, -0.1) is 0 Å². The van der Waals surface area contributed by atoms with Gasteiger partial charge in [0.1, 0.15) is 11.5 Å². The van der Waals surface area contributed by atoms with Crippen LogP contribution in [0.5, 0.6) is 0 Å². The summed E-state index contributed by atoms with van der Waals surface area (Å²) in [4.78, 5) is 4.39. The van der Waals surface area contributed by atoms with Crippen LogP contribution in [0.15, 0.2) is 28.8 Å². The van der Waals surface area contributed by atoms with Gasteiger partial charge in [-0.3, -0.25) is 4.68 Å². The average Bonchev–Trinajstić information content (AvgIpc) is 3.08. The van der Waals surface area contributed by atoms with E-state index in [2.05, 4.69) is 29.1 Å². The first-order valence-corrected chi connectivity index (χ1v) is 7.10. The minimum atomic E-state index is -0.249. The molecule has 0 radical (unpaired) electrons. The molecule has 3 aromatic rings. The third kappa shape index (κ3) is 2.52. The van der Waals surface area contributed by atoms with Gasteiger partial charge in [0.15, 0.2) is 0 Å². The molecule has 5 nitrogen and oxygen atoms in total. The Morgan fingerprint density at radius 3 is 2.64 bits per heavy atom. The van der Waals surface area contributed by atoms with Crippen molar-refractivity contribution >= 4 is 0 Å². The molecule has 0 aliphatic heterocycles. The van der Waals surface area contributed by atoms with Crippen LogP contribution in [0.3, 0.4) is 0 Å². The molecule has 2 aromatic heterocycles. The van der Waals surface area contributed by atoms with Crippen molar-refractivity contribution in [3.8, 4) is 23.0 Å². The number of halogens is 1. The molecule has 0 N–H and O–H groups in total. The summed E-state index contributed by atoms with van der Waals surface area (Å²) in [5.74, 6) is 0.909. The van der Waals surface area contributed by atoms with E-state index in [-0.39, 0.29) is 5.82 Å². The van der Waals surface area contributed by atoms with E-state index < -0.39 is 0 Å². The molecule has 0 aliphatic carbocycles. The summed E-state index contributed by atoms with van der Waals surface area (Å²) in [6.07, 6.45) is 0. The monoisotopic (exact) mass is 300 g/mol. The van der Waals surface area contributed by atoms with Gasteiger partial charge in [0.25, 0.3) is 5.89 Å². The summed E-state index contributed by atoms with van der Waals surface area (Å²) in [6.45, 7) is 5.86. The van der Waals surface area contributed by atoms with Crippen LogP contribution in [0.2, 0.25) is 0 Å². The summed E-state index contributed by atoms with van der Waals surface area (Å²) in [7, 11) is 1.84. The van der Waals surface area contributed by atoms with Gasteiger partial charge in [0.05, 0.1) is 5.69 Å². The van der Waals surface area contributed by atoms with Gasteiger partial charge >= 0.3 is 0 Å². The normalized spacial score (nSPS) is 11.4. The Morgan fingerprint density at radius 2 is 2.00 bits per heavy atom. The molecule has 1 aromatic carbocycles. The fourth-order valence-electron chi connectivity index (χ4n) is 2.20. The van der Waals surface area contributed by atoms with Crippen molar-refractivity contribution in [1.29, 1.82) is 0 Å². The molecule has 22 heavy (non-hydrogen) atoms. The molecule has 0 amide bonds. The Labute approximate surface area is 127 Å². The van der Waals surface area contributed by atoms with Crippen molar-refractivity contribution in [2.45, 2.75) is 26.7 Å². The second-order valence-corrected chi connectivity index (χ2v) is 5.62. The summed E-state index contributed by atoms with van der Waals surface area (Å²) >= 11 is 0. The van der Waals surface area contributed by atoms with E-state index in [1.807, 2.05) is 13.1 Å². The van der Waals surface area contributed by atoms with Crippen molar-refractivity contribution < 1.29 is 8.91 Å². The lowest BCUT2D eigenvalue weighted by Gasteiger charge is -1.98. The van der Waals surface area contributed by atoms with E-state index in [4.69, 9.17) is 4.52 Å². The number of aryl methyl sites for hydroxylation is 2. The van der Waals surface area contributed by atoms with Gasteiger partial charge in [0, 0.05) is 12.6 Å². The third-order valence-corrected chi connectivity index (χ3v) is 3.55. The van der Waals surface area contributed by atoms with Crippen molar-refractivity contribution in [3.05, 3.63) is 41.3 Å². The lowest BCUT2D eigenvalue weighted by molar-refractivity contribution is 0.428. The number of hydrogen-bond donors (Lipinski definition) is 0. The minimum Gasteiger partial charge on any atom is -0.332 e. The maximum absolute atomic E-state index is 13.3. The molecule has 0 fully saturated rings. The smallest absolute Gasteiger partial charge is 0.276 e. The van der Waals surface area contributed by atoms with E-state index in [9.17, 15) is 4.39 Å². The number of nitrogens with zero attached hydrogens (tertiary/aromatic N) is 4. The maximum Gasteiger partial charge on any atom is 0.276 e.